The van der Waals surface area contributed by atoms with Gasteiger partial charge in [0.1, 0.15) is 0 Å². The van der Waals surface area contributed by atoms with Gasteiger partial charge in [-0.25, -0.2) is 0 Å². The van der Waals surface area contributed by atoms with E-state index in [1.54, 1.807) is 0 Å². The van der Waals surface area contributed by atoms with E-state index in [-0.39, 0.29) is 17.4 Å². The molecule has 0 radical (unpaired) electrons. The fraction of sp³-hybridized carbons (Fsp3) is 0.650. The molecular weight excluding hydrogens is 306 g/mol. The fourth-order valence-corrected chi connectivity index (χ4v) is 5.81. The number of benzene rings is 1. The lowest BCUT2D eigenvalue weighted by molar-refractivity contribution is -0.139. The van der Waals surface area contributed by atoms with E-state index in [4.69, 9.17) is 11.6 Å². The molecule has 0 aromatic heterocycles. The number of hydrogen-bond donors (Lipinski definition) is 1. The minimum absolute atomic E-state index is 0.245. The van der Waals surface area contributed by atoms with Crippen molar-refractivity contribution in [2.45, 2.75) is 51.5 Å². The summed E-state index contributed by atoms with van der Waals surface area (Å²) in [5.41, 5.74) is 0.759. The molecule has 1 aromatic rings. The van der Waals surface area contributed by atoms with Gasteiger partial charge in [-0.1, -0.05) is 23.7 Å². The van der Waals surface area contributed by atoms with Crippen LogP contribution in [0.3, 0.4) is 0 Å². The van der Waals surface area contributed by atoms with Crippen LogP contribution >= 0.6 is 11.6 Å². The smallest absolute Gasteiger partial charge is 0.224 e. The third-order valence-corrected chi connectivity index (χ3v) is 6.78. The molecule has 23 heavy (non-hydrogen) atoms. The van der Waals surface area contributed by atoms with Crippen molar-refractivity contribution in [3.63, 3.8) is 0 Å². The Bertz CT molecular complexity index is 579. The molecule has 1 N–H and O–H groups in total. The van der Waals surface area contributed by atoms with E-state index in [0.717, 1.165) is 22.4 Å². The zero-order valence-corrected chi connectivity index (χ0v) is 14.8. The molecule has 5 rings (SSSR count). The van der Waals surface area contributed by atoms with E-state index in [0.29, 0.717) is 11.8 Å². The van der Waals surface area contributed by atoms with Gasteiger partial charge < -0.3 is 5.32 Å². The molecule has 1 aromatic carbocycles. The second kappa shape index (κ2) is 5.51. The van der Waals surface area contributed by atoms with Crippen molar-refractivity contribution in [1.29, 1.82) is 0 Å². The maximum atomic E-state index is 13.1. The van der Waals surface area contributed by atoms with E-state index in [9.17, 15) is 4.79 Å². The molecule has 4 aliphatic carbocycles. The van der Waals surface area contributed by atoms with Gasteiger partial charge in [0.25, 0.3) is 0 Å². The first kappa shape index (κ1) is 15.5. The summed E-state index contributed by atoms with van der Waals surface area (Å²) in [6.07, 6.45) is 6.56. The van der Waals surface area contributed by atoms with Crippen LogP contribution < -0.4 is 5.32 Å². The molecule has 0 spiro atoms. The standard InChI is InChI=1S/C20H26ClNO/c1-20(2,16-3-5-17(21)6-4-16)22-19(23)18-14-8-12-7-13(10-14)11-15(18)9-12/h3-6,12-15,18H,7-11H2,1-2H3,(H,22,23). The van der Waals surface area contributed by atoms with Crippen LogP contribution in [0.5, 0.6) is 0 Å². The number of amides is 1. The zero-order chi connectivity index (χ0) is 16.2. The Morgan fingerprint density at radius 3 is 2.04 bits per heavy atom. The van der Waals surface area contributed by atoms with Crippen molar-refractivity contribution in [1.82, 2.24) is 5.32 Å². The Labute approximate surface area is 144 Å². The highest BCUT2D eigenvalue weighted by Crippen LogP contribution is 2.56. The van der Waals surface area contributed by atoms with Gasteiger partial charge >= 0.3 is 0 Å². The van der Waals surface area contributed by atoms with Crippen LogP contribution in [-0.4, -0.2) is 5.91 Å². The number of nitrogens with one attached hydrogen (secondary N) is 1. The molecule has 2 nitrogen and oxygen atoms in total. The molecule has 0 atom stereocenters. The average Bonchev–Trinajstić information content (AvgIpc) is 2.45. The molecule has 4 fully saturated rings. The zero-order valence-electron chi connectivity index (χ0n) is 14.0. The Kier molecular flexibility index (Phi) is 3.72. The first-order valence-electron chi connectivity index (χ1n) is 9.00. The van der Waals surface area contributed by atoms with Crippen molar-refractivity contribution in [2.24, 2.45) is 29.6 Å². The SMILES string of the molecule is CC(C)(NC(=O)C1C2CC3CC(C2)CC1C3)c1ccc(Cl)cc1. The topological polar surface area (TPSA) is 29.1 Å². The third-order valence-electron chi connectivity index (χ3n) is 6.53. The molecule has 0 aliphatic heterocycles. The van der Waals surface area contributed by atoms with Crippen LogP contribution in [0, 0.1) is 29.6 Å². The van der Waals surface area contributed by atoms with Crippen LogP contribution in [0.15, 0.2) is 24.3 Å². The van der Waals surface area contributed by atoms with Gasteiger partial charge in [0.2, 0.25) is 5.91 Å². The lowest BCUT2D eigenvalue weighted by Crippen LogP contribution is -2.54. The Balaban J connectivity index is 1.50. The van der Waals surface area contributed by atoms with Crippen molar-refractivity contribution >= 4 is 17.5 Å². The maximum absolute atomic E-state index is 13.1. The molecule has 0 unspecified atom stereocenters. The highest BCUT2D eigenvalue weighted by Gasteiger charge is 2.51. The lowest BCUT2D eigenvalue weighted by Gasteiger charge is -2.54. The molecule has 4 aliphatic rings. The molecule has 4 bridgehead atoms. The molecule has 3 heteroatoms. The number of halogens is 1. The van der Waals surface area contributed by atoms with Crippen LogP contribution in [0.2, 0.25) is 5.02 Å². The second-order valence-corrected chi connectivity index (χ2v) is 9.01. The van der Waals surface area contributed by atoms with Crippen molar-refractivity contribution in [3.8, 4) is 0 Å². The monoisotopic (exact) mass is 331 g/mol. The van der Waals surface area contributed by atoms with Gasteiger partial charge in [0.15, 0.2) is 0 Å². The Morgan fingerprint density at radius 2 is 1.52 bits per heavy atom. The summed E-state index contributed by atoms with van der Waals surface area (Å²) in [6, 6.07) is 7.82. The number of hydrogen-bond acceptors (Lipinski definition) is 1. The van der Waals surface area contributed by atoms with Crippen LogP contribution in [-0.2, 0) is 10.3 Å². The van der Waals surface area contributed by atoms with Gasteiger partial charge in [-0.3, -0.25) is 4.79 Å². The largest absolute Gasteiger partial charge is 0.347 e. The van der Waals surface area contributed by atoms with E-state index >= 15 is 0 Å². The van der Waals surface area contributed by atoms with E-state index in [1.807, 2.05) is 24.3 Å². The van der Waals surface area contributed by atoms with Gasteiger partial charge in [0.05, 0.1) is 5.54 Å². The summed E-state index contributed by atoms with van der Waals surface area (Å²) >= 11 is 5.98. The normalized spacial score (nSPS) is 35.3. The van der Waals surface area contributed by atoms with Crippen LogP contribution in [0.4, 0.5) is 0 Å². The molecular formula is C20H26ClNO. The number of rotatable bonds is 3. The summed E-state index contributed by atoms with van der Waals surface area (Å²) in [5.74, 6) is 3.60. The van der Waals surface area contributed by atoms with E-state index < -0.39 is 0 Å². The summed E-state index contributed by atoms with van der Waals surface area (Å²) in [4.78, 5) is 13.1. The van der Waals surface area contributed by atoms with Crippen molar-refractivity contribution in [3.05, 3.63) is 34.9 Å². The predicted octanol–water partition coefficient (Wildman–Crippen LogP) is 4.76. The lowest BCUT2D eigenvalue weighted by atomic mass is 9.51. The summed E-state index contributed by atoms with van der Waals surface area (Å²) in [7, 11) is 0. The van der Waals surface area contributed by atoms with E-state index in [1.165, 1.54) is 32.1 Å². The van der Waals surface area contributed by atoms with Gasteiger partial charge in [-0.15, -0.1) is 0 Å². The van der Waals surface area contributed by atoms with Crippen molar-refractivity contribution in [2.75, 3.05) is 0 Å². The molecule has 0 saturated heterocycles. The van der Waals surface area contributed by atoms with Crippen LogP contribution in [0.1, 0.15) is 51.5 Å². The van der Waals surface area contributed by atoms with E-state index in [2.05, 4.69) is 19.2 Å². The minimum atomic E-state index is -0.351. The summed E-state index contributed by atoms with van der Waals surface area (Å²) in [6.45, 7) is 4.18. The summed E-state index contributed by atoms with van der Waals surface area (Å²) < 4.78 is 0. The van der Waals surface area contributed by atoms with Gasteiger partial charge in [-0.05, 0) is 87.3 Å². The highest BCUT2D eigenvalue weighted by atomic mass is 35.5. The predicted molar refractivity (Wildman–Crippen MR) is 93.2 cm³/mol. The first-order valence-corrected chi connectivity index (χ1v) is 9.38. The maximum Gasteiger partial charge on any atom is 0.224 e. The molecule has 1 amide bonds. The molecule has 124 valence electrons. The quantitative estimate of drug-likeness (QED) is 0.849. The first-order chi connectivity index (χ1) is 10.9. The molecule has 4 saturated carbocycles. The highest BCUT2D eigenvalue weighted by molar-refractivity contribution is 6.30. The minimum Gasteiger partial charge on any atom is -0.347 e. The van der Waals surface area contributed by atoms with Crippen LogP contribution in [0.25, 0.3) is 0 Å². The molecule has 0 heterocycles. The average molecular weight is 332 g/mol. The third kappa shape index (κ3) is 2.80. The number of carbonyl (C=O) groups is 1. The van der Waals surface area contributed by atoms with Crippen molar-refractivity contribution < 1.29 is 4.79 Å². The summed E-state index contributed by atoms with van der Waals surface area (Å²) in [5, 5.41) is 4.07. The van der Waals surface area contributed by atoms with Gasteiger partial charge in [-0.2, -0.15) is 0 Å². The fourth-order valence-electron chi connectivity index (χ4n) is 5.68. The Morgan fingerprint density at radius 1 is 1.00 bits per heavy atom. The Hall–Kier alpha value is -1.02. The number of carbonyl (C=O) groups excluding carboxylic acids is 1. The second-order valence-electron chi connectivity index (χ2n) is 8.58. The van der Waals surface area contributed by atoms with Gasteiger partial charge in [0, 0.05) is 10.9 Å².